The molecule has 7 nitrogen and oxygen atoms in total. The second kappa shape index (κ2) is 5.59. The van der Waals surface area contributed by atoms with Crippen molar-refractivity contribution in [3.63, 3.8) is 0 Å². The molecule has 0 spiro atoms. The highest BCUT2D eigenvalue weighted by Gasteiger charge is 2.22. The molecule has 1 heterocycles. The smallest absolute Gasteiger partial charge is 0.243 e. The highest BCUT2D eigenvalue weighted by Crippen LogP contribution is 2.19. The standard InChI is InChI=1S/C10H17N5O2S/c11-14-10-12-6-9(7-13-10)18(16,17)15-8-4-2-1-3-5-8/h6-8,15H,1-5,11H2,(H,12,13,14). The van der Waals surface area contributed by atoms with Crippen molar-refractivity contribution < 1.29 is 8.42 Å². The van der Waals surface area contributed by atoms with Crippen molar-refractivity contribution >= 4 is 16.0 Å². The van der Waals surface area contributed by atoms with Gasteiger partial charge in [0.25, 0.3) is 0 Å². The largest absolute Gasteiger partial charge is 0.292 e. The fraction of sp³-hybridized carbons (Fsp3) is 0.600. The first kappa shape index (κ1) is 13.2. The zero-order valence-corrected chi connectivity index (χ0v) is 10.8. The summed E-state index contributed by atoms with van der Waals surface area (Å²) < 4.78 is 26.8. The van der Waals surface area contributed by atoms with Gasteiger partial charge in [-0.05, 0) is 12.8 Å². The van der Waals surface area contributed by atoms with Crippen LogP contribution in [0.4, 0.5) is 5.95 Å². The number of nitrogens with zero attached hydrogens (tertiary/aromatic N) is 2. The maximum atomic E-state index is 12.1. The van der Waals surface area contributed by atoms with Crippen LogP contribution in [0.5, 0.6) is 0 Å². The molecule has 0 bridgehead atoms. The van der Waals surface area contributed by atoms with E-state index in [9.17, 15) is 8.42 Å². The number of nitrogens with two attached hydrogens (primary N) is 1. The Kier molecular flexibility index (Phi) is 4.10. The van der Waals surface area contributed by atoms with Crippen molar-refractivity contribution in [2.24, 2.45) is 5.84 Å². The average molecular weight is 271 g/mol. The van der Waals surface area contributed by atoms with Crippen LogP contribution in [0.1, 0.15) is 32.1 Å². The molecular weight excluding hydrogens is 254 g/mol. The lowest BCUT2D eigenvalue weighted by molar-refractivity contribution is 0.412. The molecule has 0 saturated heterocycles. The summed E-state index contributed by atoms with van der Waals surface area (Å²) in [4.78, 5) is 7.64. The van der Waals surface area contributed by atoms with Crippen LogP contribution in [0.3, 0.4) is 0 Å². The van der Waals surface area contributed by atoms with E-state index in [1.807, 2.05) is 0 Å². The summed E-state index contributed by atoms with van der Waals surface area (Å²) in [5, 5.41) is 0. The van der Waals surface area contributed by atoms with Gasteiger partial charge >= 0.3 is 0 Å². The van der Waals surface area contributed by atoms with Gasteiger partial charge in [0.05, 0.1) is 12.4 Å². The van der Waals surface area contributed by atoms with Crippen LogP contribution in [-0.2, 0) is 10.0 Å². The van der Waals surface area contributed by atoms with Crippen LogP contribution in [0, 0.1) is 0 Å². The monoisotopic (exact) mass is 271 g/mol. The van der Waals surface area contributed by atoms with Gasteiger partial charge in [0.1, 0.15) is 4.90 Å². The van der Waals surface area contributed by atoms with Crippen molar-refractivity contribution in [1.29, 1.82) is 0 Å². The van der Waals surface area contributed by atoms with Crippen LogP contribution >= 0.6 is 0 Å². The molecule has 0 aromatic carbocycles. The van der Waals surface area contributed by atoms with E-state index in [2.05, 4.69) is 20.1 Å². The third kappa shape index (κ3) is 3.15. The van der Waals surface area contributed by atoms with E-state index in [0.29, 0.717) is 0 Å². The Morgan fingerprint density at radius 2 is 1.78 bits per heavy atom. The number of rotatable bonds is 4. The molecule has 100 valence electrons. The van der Waals surface area contributed by atoms with E-state index in [-0.39, 0.29) is 16.9 Å². The zero-order valence-electron chi connectivity index (χ0n) is 9.96. The quantitative estimate of drug-likeness (QED) is 0.539. The van der Waals surface area contributed by atoms with Gasteiger partial charge in [-0.2, -0.15) is 0 Å². The average Bonchev–Trinajstić information content (AvgIpc) is 2.39. The molecule has 1 aromatic rings. The first-order valence-corrected chi connectivity index (χ1v) is 7.41. The van der Waals surface area contributed by atoms with Crippen molar-refractivity contribution in [2.45, 2.75) is 43.0 Å². The van der Waals surface area contributed by atoms with Gasteiger partial charge in [-0.3, -0.25) is 5.43 Å². The molecule has 1 aliphatic rings. The number of hydrogen-bond acceptors (Lipinski definition) is 6. The molecule has 1 fully saturated rings. The third-order valence-electron chi connectivity index (χ3n) is 2.99. The van der Waals surface area contributed by atoms with Crippen LogP contribution < -0.4 is 16.0 Å². The lowest BCUT2D eigenvalue weighted by Gasteiger charge is -2.22. The second-order valence-electron chi connectivity index (χ2n) is 4.34. The van der Waals surface area contributed by atoms with Crippen molar-refractivity contribution in [1.82, 2.24) is 14.7 Å². The molecule has 1 aromatic heterocycles. The summed E-state index contributed by atoms with van der Waals surface area (Å²) in [7, 11) is -3.53. The Morgan fingerprint density at radius 1 is 1.17 bits per heavy atom. The fourth-order valence-corrected chi connectivity index (χ4v) is 3.23. The van der Waals surface area contributed by atoms with Crippen molar-refractivity contribution in [3.05, 3.63) is 12.4 Å². The van der Waals surface area contributed by atoms with Gasteiger partial charge in [-0.1, -0.05) is 19.3 Å². The summed E-state index contributed by atoms with van der Waals surface area (Å²) in [6.07, 6.45) is 7.59. The van der Waals surface area contributed by atoms with Crippen LogP contribution in [-0.4, -0.2) is 24.4 Å². The predicted octanol–water partition coefficient (Wildman–Crippen LogP) is 0.373. The maximum Gasteiger partial charge on any atom is 0.243 e. The highest BCUT2D eigenvalue weighted by molar-refractivity contribution is 7.89. The zero-order chi connectivity index (χ0) is 13.0. The summed E-state index contributed by atoms with van der Waals surface area (Å²) in [6.45, 7) is 0. The molecule has 0 aliphatic heterocycles. The maximum absolute atomic E-state index is 12.1. The Bertz CT molecular complexity index is 481. The Labute approximate surface area is 106 Å². The van der Waals surface area contributed by atoms with Gasteiger partial charge in [0.15, 0.2) is 0 Å². The molecular formula is C10H17N5O2S. The number of hydrogen-bond donors (Lipinski definition) is 3. The van der Waals surface area contributed by atoms with Gasteiger partial charge in [-0.15, -0.1) is 0 Å². The number of hydrazine groups is 1. The molecule has 1 saturated carbocycles. The minimum absolute atomic E-state index is 0.0241. The number of sulfonamides is 1. The molecule has 0 amide bonds. The van der Waals surface area contributed by atoms with Gasteiger partial charge in [0, 0.05) is 6.04 Å². The van der Waals surface area contributed by atoms with Gasteiger partial charge in [0.2, 0.25) is 16.0 Å². The molecule has 0 unspecified atom stereocenters. The van der Waals surface area contributed by atoms with E-state index in [1.54, 1.807) is 0 Å². The number of aromatic nitrogens is 2. The Balaban J connectivity index is 2.08. The second-order valence-corrected chi connectivity index (χ2v) is 6.06. The molecule has 0 radical (unpaired) electrons. The van der Waals surface area contributed by atoms with Gasteiger partial charge < -0.3 is 0 Å². The molecule has 0 atom stereocenters. The topological polar surface area (TPSA) is 110 Å². The van der Waals surface area contributed by atoms with Crippen LogP contribution in [0.25, 0.3) is 0 Å². The van der Waals surface area contributed by atoms with Crippen LogP contribution in [0.15, 0.2) is 17.3 Å². The summed E-state index contributed by atoms with van der Waals surface area (Å²) in [5.74, 6) is 5.30. The van der Waals surface area contributed by atoms with E-state index in [0.717, 1.165) is 25.7 Å². The third-order valence-corrected chi connectivity index (χ3v) is 4.47. The summed E-state index contributed by atoms with van der Waals surface area (Å²) in [6, 6.07) is 0.0241. The van der Waals surface area contributed by atoms with E-state index >= 15 is 0 Å². The minimum Gasteiger partial charge on any atom is -0.292 e. The first-order chi connectivity index (χ1) is 8.62. The van der Waals surface area contributed by atoms with Crippen LogP contribution in [0.2, 0.25) is 0 Å². The SMILES string of the molecule is NNc1ncc(S(=O)(=O)NC2CCCCC2)cn1. The van der Waals surface area contributed by atoms with E-state index in [1.165, 1.54) is 18.8 Å². The molecule has 18 heavy (non-hydrogen) atoms. The molecule has 2 rings (SSSR count). The molecule has 1 aliphatic carbocycles. The van der Waals surface area contributed by atoms with E-state index < -0.39 is 10.0 Å². The molecule has 4 N–H and O–H groups in total. The fourth-order valence-electron chi connectivity index (χ4n) is 2.04. The lowest BCUT2D eigenvalue weighted by atomic mass is 9.96. The van der Waals surface area contributed by atoms with E-state index in [4.69, 9.17) is 5.84 Å². The number of nitrogens with one attached hydrogen (secondary N) is 2. The first-order valence-electron chi connectivity index (χ1n) is 5.93. The molecule has 8 heteroatoms. The summed E-state index contributed by atoms with van der Waals surface area (Å²) >= 11 is 0. The minimum atomic E-state index is -3.53. The lowest BCUT2D eigenvalue weighted by Crippen LogP contribution is -2.36. The Hall–Kier alpha value is -1.25. The normalized spacial score (nSPS) is 17.6. The van der Waals surface area contributed by atoms with Crippen molar-refractivity contribution in [2.75, 3.05) is 5.43 Å². The predicted molar refractivity (Wildman–Crippen MR) is 67.0 cm³/mol. The van der Waals surface area contributed by atoms with Crippen molar-refractivity contribution in [3.8, 4) is 0 Å². The summed E-state index contributed by atoms with van der Waals surface area (Å²) in [5.41, 5.74) is 2.25. The number of anilines is 1. The Morgan fingerprint density at radius 3 is 2.33 bits per heavy atom. The number of nitrogen functional groups attached to an aromatic ring is 1. The van der Waals surface area contributed by atoms with Gasteiger partial charge in [-0.25, -0.2) is 29.0 Å². The highest BCUT2D eigenvalue weighted by atomic mass is 32.2.